The Morgan fingerprint density at radius 1 is 0.969 bits per heavy atom. The Morgan fingerprint density at radius 3 is 2.28 bits per heavy atom. The fourth-order valence-electron chi connectivity index (χ4n) is 4.56. The van der Waals surface area contributed by atoms with Crippen molar-refractivity contribution in [2.75, 3.05) is 33.1 Å². The summed E-state index contributed by atoms with van der Waals surface area (Å²) in [7, 11) is 1.30. The van der Waals surface area contributed by atoms with Crippen LogP contribution >= 0.6 is 0 Å². The van der Waals surface area contributed by atoms with Crippen molar-refractivity contribution < 1.29 is 17.5 Å². The number of nitrogens with zero attached hydrogens (tertiary/aromatic N) is 2. The summed E-state index contributed by atoms with van der Waals surface area (Å²) in [4.78, 5) is 1.90. The minimum Gasteiger partial charge on any atom is -0.744 e. The van der Waals surface area contributed by atoms with Crippen LogP contribution < -0.4 is 10.1 Å². The molecule has 0 N–H and O–H groups in total. The van der Waals surface area contributed by atoms with Gasteiger partial charge in [0.25, 0.3) is 0 Å². The van der Waals surface area contributed by atoms with Gasteiger partial charge in [0.15, 0.2) is 5.71 Å². The molecule has 7 heteroatoms. The summed E-state index contributed by atoms with van der Waals surface area (Å²) >= 11 is 0. The molecule has 2 aromatic carbocycles. The van der Waals surface area contributed by atoms with Gasteiger partial charge < -0.3 is 9.45 Å². The van der Waals surface area contributed by atoms with E-state index >= 15 is 0 Å². The van der Waals surface area contributed by atoms with E-state index in [1.54, 1.807) is 18.2 Å². The van der Waals surface area contributed by atoms with E-state index in [-0.39, 0.29) is 4.90 Å². The van der Waals surface area contributed by atoms with Crippen molar-refractivity contribution in [1.29, 1.82) is 0 Å². The van der Waals surface area contributed by atoms with Crippen molar-refractivity contribution >= 4 is 40.4 Å². The fourth-order valence-corrected chi connectivity index (χ4v) is 8.32. The molecule has 1 heterocycles. The molecule has 0 spiro atoms. The van der Waals surface area contributed by atoms with Gasteiger partial charge in [0, 0.05) is 37.5 Å². The van der Waals surface area contributed by atoms with E-state index < -0.39 is 18.2 Å². The highest BCUT2D eigenvalue weighted by molar-refractivity contribution is 7.85. The Kier molecular flexibility index (Phi) is 5.39. The number of fused-ring (bicyclic) bond motifs is 2. The van der Waals surface area contributed by atoms with Crippen molar-refractivity contribution in [3.63, 3.8) is 0 Å². The van der Waals surface area contributed by atoms with Gasteiger partial charge in [-0.25, -0.2) is 13.0 Å². The van der Waals surface area contributed by atoms with Crippen molar-refractivity contribution in [1.82, 2.24) is 0 Å². The number of allylic oxidation sites excluding steroid dienone is 5. The van der Waals surface area contributed by atoms with Gasteiger partial charge in [-0.2, -0.15) is 0 Å². The molecule has 2 aliphatic rings. The normalized spacial score (nSPS) is 17.0. The molecule has 0 saturated carbocycles. The predicted octanol–water partition coefficient (Wildman–Crippen LogP) is 3.14. The topological polar surface area (TPSA) is 63.5 Å². The molecule has 0 fully saturated rings. The smallest absolute Gasteiger partial charge is 0.199 e. The second kappa shape index (κ2) is 7.69. The summed E-state index contributed by atoms with van der Waals surface area (Å²) < 4.78 is 38.6. The zero-order chi connectivity index (χ0) is 23.4. The lowest BCUT2D eigenvalue weighted by Gasteiger charge is -2.38. The summed E-state index contributed by atoms with van der Waals surface area (Å²) in [5.41, 5.74) is 5.49. The summed E-state index contributed by atoms with van der Waals surface area (Å²) in [6, 6.07) is 12.9. The van der Waals surface area contributed by atoms with E-state index in [9.17, 15) is 13.0 Å². The van der Waals surface area contributed by atoms with Crippen LogP contribution in [-0.2, 0) is 10.1 Å². The Balaban J connectivity index is 2.16. The molecule has 0 amide bonds. The summed E-state index contributed by atoms with van der Waals surface area (Å²) in [6.07, 6.45) is 6.35. The van der Waals surface area contributed by atoms with Crippen LogP contribution in [0, 0.1) is 0 Å². The quantitative estimate of drug-likeness (QED) is 0.398. The van der Waals surface area contributed by atoms with Gasteiger partial charge in [-0.1, -0.05) is 37.4 Å². The minimum absolute atomic E-state index is 0.179. The third-order valence-electron chi connectivity index (χ3n) is 6.35. The number of benzene rings is 2. The molecule has 1 aliphatic carbocycles. The number of rotatable bonds is 3. The second-order valence-electron chi connectivity index (χ2n) is 9.20. The van der Waals surface area contributed by atoms with Crippen LogP contribution in [0.15, 0.2) is 76.4 Å². The average Bonchev–Trinajstić information content (AvgIpc) is 2.73. The molecule has 0 bridgehead atoms. The molecular formula is C25H28N2O3SSi. The number of anilines is 1. The van der Waals surface area contributed by atoms with Gasteiger partial charge in [0.2, 0.25) is 0 Å². The third-order valence-corrected chi connectivity index (χ3v) is 10.8. The zero-order valence-corrected chi connectivity index (χ0v) is 21.1. The van der Waals surface area contributed by atoms with Crippen LogP contribution in [0.3, 0.4) is 0 Å². The van der Waals surface area contributed by atoms with Gasteiger partial charge in [-0.15, -0.1) is 0 Å². The van der Waals surface area contributed by atoms with Gasteiger partial charge >= 0.3 is 0 Å². The summed E-state index contributed by atoms with van der Waals surface area (Å²) in [6.45, 7) is 4.66. The van der Waals surface area contributed by atoms with E-state index in [1.807, 2.05) is 28.2 Å². The molecular weight excluding hydrogens is 436 g/mol. The van der Waals surface area contributed by atoms with Crippen molar-refractivity contribution in [2.24, 2.45) is 0 Å². The molecule has 2 aromatic rings. The van der Waals surface area contributed by atoms with Gasteiger partial charge in [0.1, 0.15) is 32.3 Å². The van der Waals surface area contributed by atoms with Crippen LogP contribution in [0.5, 0.6) is 0 Å². The largest absolute Gasteiger partial charge is 0.744 e. The van der Waals surface area contributed by atoms with E-state index in [4.69, 9.17) is 0 Å². The molecule has 32 heavy (non-hydrogen) atoms. The lowest BCUT2D eigenvalue weighted by Crippen LogP contribution is -2.49. The first-order valence-electron chi connectivity index (χ1n) is 10.5. The first-order valence-corrected chi connectivity index (χ1v) is 14.9. The Hall–Kier alpha value is -2.74. The maximum absolute atomic E-state index is 12.2. The Morgan fingerprint density at radius 2 is 1.66 bits per heavy atom. The lowest BCUT2D eigenvalue weighted by molar-refractivity contribution is -0.462. The van der Waals surface area contributed by atoms with Gasteiger partial charge in [-0.3, -0.25) is 0 Å². The third kappa shape index (κ3) is 3.60. The standard InChI is InChI=1S/C25H28N2O3SSi/c1-26(2)17-11-13-20-23(15-17)32(5,6)24-16-18(27(3)4)12-14-21(24)25(20)19-9-7-8-10-22(19)31(28,29)30/h7-16H,1-6H3. The summed E-state index contributed by atoms with van der Waals surface area (Å²) in [5.74, 6) is 0. The number of hydrogen-bond donors (Lipinski definition) is 0. The second-order valence-corrected chi connectivity index (χ2v) is 14.9. The van der Waals surface area contributed by atoms with Crippen LogP contribution in [0.4, 0.5) is 5.69 Å². The minimum atomic E-state index is -4.64. The molecule has 0 unspecified atom stereocenters. The van der Waals surface area contributed by atoms with Crippen molar-refractivity contribution in [2.45, 2.75) is 18.0 Å². The van der Waals surface area contributed by atoms with Crippen molar-refractivity contribution in [3.05, 3.63) is 82.6 Å². The fraction of sp³-hybridized carbons (Fsp3) is 0.240. The molecule has 0 atom stereocenters. The van der Waals surface area contributed by atoms with E-state index in [2.05, 4.69) is 59.0 Å². The summed E-state index contributed by atoms with van der Waals surface area (Å²) in [5, 5.41) is 2.47. The van der Waals surface area contributed by atoms with Crippen LogP contribution in [0.1, 0.15) is 11.1 Å². The zero-order valence-electron chi connectivity index (χ0n) is 19.3. The first kappa shape index (κ1) is 22.5. The SMILES string of the molecule is CN(C)c1ccc2c(c1)[Si](C)(C)C1=CC(=[N+](C)C)C=CC1=C2c1ccccc1S(=O)(=O)[O-]. The maximum atomic E-state index is 12.2. The van der Waals surface area contributed by atoms with E-state index in [1.165, 1.54) is 16.4 Å². The molecule has 0 aromatic heterocycles. The number of hydrogen-bond acceptors (Lipinski definition) is 4. The van der Waals surface area contributed by atoms with Gasteiger partial charge in [0.05, 0.1) is 4.90 Å². The average molecular weight is 465 g/mol. The molecule has 0 saturated heterocycles. The Labute approximate surface area is 191 Å². The maximum Gasteiger partial charge on any atom is 0.199 e. The molecule has 5 nitrogen and oxygen atoms in total. The molecule has 4 rings (SSSR count). The van der Waals surface area contributed by atoms with Crippen LogP contribution in [-0.4, -0.2) is 59.5 Å². The van der Waals surface area contributed by atoms with Gasteiger partial charge in [-0.05, 0) is 51.4 Å². The molecule has 0 radical (unpaired) electrons. The molecule has 166 valence electrons. The Bertz CT molecular complexity index is 1360. The monoisotopic (exact) mass is 464 g/mol. The molecule has 1 aliphatic heterocycles. The highest BCUT2D eigenvalue weighted by atomic mass is 32.2. The van der Waals surface area contributed by atoms with Crippen LogP contribution in [0.25, 0.3) is 5.57 Å². The predicted molar refractivity (Wildman–Crippen MR) is 133 cm³/mol. The van der Waals surface area contributed by atoms with Crippen molar-refractivity contribution in [3.8, 4) is 0 Å². The highest BCUT2D eigenvalue weighted by Crippen LogP contribution is 2.43. The highest BCUT2D eigenvalue weighted by Gasteiger charge is 2.40. The van der Waals surface area contributed by atoms with E-state index in [0.717, 1.165) is 28.1 Å². The van der Waals surface area contributed by atoms with E-state index in [0.29, 0.717) is 5.56 Å². The lowest BCUT2D eigenvalue weighted by atomic mass is 9.89. The first-order chi connectivity index (χ1) is 14.9. The van der Waals surface area contributed by atoms with Crippen LogP contribution in [0.2, 0.25) is 13.1 Å².